The fraction of sp³-hybridized carbons (Fsp3) is 0. The Bertz CT molecular complexity index is 905. The molecule has 0 amide bonds. The Morgan fingerprint density at radius 1 is 0.957 bits per heavy atom. The fourth-order valence-corrected chi connectivity index (χ4v) is 2.47. The lowest BCUT2D eigenvalue weighted by Gasteiger charge is -2.00. The third-order valence-electron chi connectivity index (χ3n) is 3.32. The Kier molecular flexibility index (Phi) is 4.52. The molecule has 112 valence electrons. The van der Waals surface area contributed by atoms with Crippen molar-refractivity contribution < 1.29 is 4.42 Å². The van der Waals surface area contributed by atoms with Crippen molar-refractivity contribution in [3.63, 3.8) is 0 Å². The number of hydrogen-bond acceptors (Lipinski definition) is 2. The molecule has 0 fully saturated rings. The van der Waals surface area contributed by atoms with Crippen LogP contribution in [0.3, 0.4) is 0 Å². The van der Waals surface area contributed by atoms with Gasteiger partial charge in [0, 0.05) is 5.56 Å². The van der Waals surface area contributed by atoms with Crippen molar-refractivity contribution in [3.8, 4) is 17.4 Å². The average molecular weight is 340 g/mol. The summed E-state index contributed by atoms with van der Waals surface area (Å²) in [5.41, 5.74) is 2.22. The summed E-state index contributed by atoms with van der Waals surface area (Å²) in [5.74, 6) is 1.27. The lowest BCUT2D eigenvalue weighted by atomic mass is 10.1. The Morgan fingerprint density at radius 3 is 2.43 bits per heavy atom. The SMILES string of the molecule is N#C/C(=C\c1ccc(-c2ccc(Cl)c(Cl)c2)o1)c1ccccc1. The summed E-state index contributed by atoms with van der Waals surface area (Å²) in [6.07, 6.45) is 1.72. The monoisotopic (exact) mass is 339 g/mol. The Hall–Kier alpha value is -2.47. The van der Waals surface area contributed by atoms with Crippen molar-refractivity contribution in [2.24, 2.45) is 0 Å². The second-order valence-corrected chi connectivity index (χ2v) is 5.68. The van der Waals surface area contributed by atoms with E-state index < -0.39 is 0 Å². The summed E-state index contributed by atoms with van der Waals surface area (Å²) in [7, 11) is 0. The zero-order chi connectivity index (χ0) is 16.2. The predicted molar refractivity (Wildman–Crippen MR) is 94.1 cm³/mol. The Labute approximate surface area is 144 Å². The van der Waals surface area contributed by atoms with Crippen molar-refractivity contribution >= 4 is 34.9 Å². The molecule has 0 spiro atoms. The number of hydrogen-bond donors (Lipinski definition) is 0. The second kappa shape index (κ2) is 6.75. The minimum atomic E-state index is 0.472. The van der Waals surface area contributed by atoms with Crippen LogP contribution in [-0.4, -0.2) is 0 Å². The van der Waals surface area contributed by atoms with Gasteiger partial charge in [0.1, 0.15) is 11.5 Å². The summed E-state index contributed by atoms with van der Waals surface area (Å²) < 4.78 is 5.79. The second-order valence-electron chi connectivity index (χ2n) is 4.87. The standard InChI is InChI=1S/C19H11Cl2NO/c20-17-8-6-14(11-18(17)21)19-9-7-16(23-19)10-15(12-22)13-4-2-1-3-5-13/h1-11H/b15-10+. The van der Waals surface area contributed by atoms with E-state index in [4.69, 9.17) is 27.6 Å². The van der Waals surface area contributed by atoms with Crippen molar-refractivity contribution in [2.45, 2.75) is 0 Å². The largest absolute Gasteiger partial charge is 0.457 e. The van der Waals surface area contributed by atoms with Crippen LogP contribution < -0.4 is 0 Å². The molecule has 0 saturated carbocycles. The maximum atomic E-state index is 9.34. The van der Waals surface area contributed by atoms with Gasteiger partial charge in [0.15, 0.2) is 0 Å². The van der Waals surface area contributed by atoms with Gasteiger partial charge in [-0.05, 0) is 42.0 Å². The van der Waals surface area contributed by atoms with Crippen LogP contribution in [0.5, 0.6) is 0 Å². The molecule has 3 aromatic rings. The van der Waals surface area contributed by atoms with Crippen LogP contribution in [0.1, 0.15) is 11.3 Å². The molecule has 2 nitrogen and oxygen atoms in total. The molecule has 0 aliphatic carbocycles. The zero-order valence-electron chi connectivity index (χ0n) is 12.0. The van der Waals surface area contributed by atoms with Crippen LogP contribution in [0.25, 0.3) is 23.0 Å². The van der Waals surface area contributed by atoms with Crippen LogP contribution >= 0.6 is 23.2 Å². The van der Waals surface area contributed by atoms with Gasteiger partial charge in [0.2, 0.25) is 0 Å². The number of nitrogens with zero attached hydrogens (tertiary/aromatic N) is 1. The first kappa shape index (κ1) is 15.4. The zero-order valence-corrected chi connectivity index (χ0v) is 13.5. The van der Waals surface area contributed by atoms with Gasteiger partial charge < -0.3 is 4.42 Å². The molecule has 4 heteroatoms. The van der Waals surface area contributed by atoms with E-state index in [1.807, 2.05) is 48.5 Å². The first-order valence-electron chi connectivity index (χ1n) is 6.90. The highest BCUT2D eigenvalue weighted by Gasteiger charge is 2.07. The van der Waals surface area contributed by atoms with Gasteiger partial charge in [0.05, 0.1) is 21.7 Å². The molecule has 0 atom stereocenters. The molecule has 0 bridgehead atoms. The molecule has 1 heterocycles. The Morgan fingerprint density at radius 2 is 1.74 bits per heavy atom. The maximum Gasteiger partial charge on any atom is 0.134 e. The number of furan rings is 1. The highest BCUT2D eigenvalue weighted by molar-refractivity contribution is 6.42. The normalized spacial score (nSPS) is 11.3. The Balaban J connectivity index is 1.94. The van der Waals surface area contributed by atoms with Crippen LogP contribution in [0.4, 0.5) is 0 Å². The minimum Gasteiger partial charge on any atom is -0.457 e. The summed E-state index contributed by atoms with van der Waals surface area (Å²) in [6, 6.07) is 20.6. The average Bonchev–Trinajstić information content (AvgIpc) is 3.04. The van der Waals surface area contributed by atoms with Gasteiger partial charge in [0.25, 0.3) is 0 Å². The first-order chi connectivity index (χ1) is 11.2. The smallest absolute Gasteiger partial charge is 0.134 e. The molecule has 0 saturated heterocycles. The van der Waals surface area contributed by atoms with Gasteiger partial charge in [-0.3, -0.25) is 0 Å². The van der Waals surface area contributed by atoms with Gasteiger partial charge >= 0.3 is 0 Å². The van der Waals surface area contributed by atoms with Gasteiger partial charge in [-0.1, -0.05) is 53.5 Å². The molecule has 0 unspecified atom stereocenters. The van der Waals surface area contributed by atoms with Crippen molar-refractivity contribution in [1.29, 1.82) is 5.26 Å². The van der Waals surface area contributed by atoms with E-state index in [0.29, 0.717) is 27.1 Å². The predicted octanol–water partition coefficient (Wildman–Crippen LogP) is 6.32. The lowest BCUT2D eigenvalue weighted by molar-refractivity contribution is 0.572. The van der Waals surface area contributed by atoms with Gasteiger partial charge in [-0.2, -0.15) is 5.26 Å². The highest BCUT2D eigenvalue weighted by Crippen LogP contribution is 2.30. The number of benzene rings is 2. The van der Waals surface area contributed by atoms with Crippen LogP contribution in [-0.2, 0) is 0 Å². The molecule has 1 aromatic heterocycles. The molecule has 0 aliphatic heterocycles. The van der Waals surface area contributed by atoms with E-state index in [-0.39, 0.29) is 0 Å². The number of allylic oxidation sites excluding steroid dienone is 1. The van der Waals surface area contributed by atoms with E-state index in [2.05, 4.69) is 6.07 Å². The summed E-state index contributed by atoms with van der Waals surface area (Å²) in [6.45, 7) is 0. The van der Waals surface area contributed by atoms with E-state index in [1.165, 1.54) is 0 Å². The van der Waals surface area contributed by atoms with Crippen molar-refractivity contribution in [1.82, 2.24) is 0 Å². The maximum absolute atomic E-state index is 9.34. The number of rotatable bonds is 3. The van der Waals surface area contributed by atoms with Crippen LogP contribution in [0.15, 0.2) is 65.1 Å². The van der Waals surface area contributed by atoms with E-state index in [0.717, 1.165) is 11.1 Å². The minimum absolute atomic E-state index is 0.472. The van der Waals surface area contributed by atoms with Crippen LogP contribution in [0, 0.1) is 11.3 Å². The van der Waals surface area contributed by atoms with E-state index >= 15 is 0 Å². The number of halogens is 2. The molecular weight excluding hydrogens is 329 g/mol. The number of nitriles is 1. The molecule has 0 aliphatic rings. The quantitative estimate of drug-likeness (QED) is 0.523. The third-order valence-corrected chi connectivity index (χ3v) is 4.06. The molecule has 0 N–H and O–H groups in total. The molecule has 23 heavy (non-hydrogen) atoms. The molecule has 3 rings (SSSR count). The fourth-order valence-electron chi connectivity index (χ4n) is 2.18. The van der Waals surface area contributed by atoms with E-state index in [9.17, 15) is 5.26 Å². The molecule has 2 aromatic carbocycles. The summed E-state index contributed by atoms with van der Waals surface area (Å²) in [4.78, 5) is 0. The molecular formula is C19H11Cl2NO. The highest BCUT2D eigenvalue weighted by atomic mass is 35.5. The summed E-state index contributed by atoms with van der Waals surface area (Å²) >= 11 is 11.9. The first-order valence-corrected chi connectivity index (χ1v) is 7.65. The van der Waals surface area contributed by atoms with Crippen molar-refractivity contribution in [2.75, 3.05) is 0 Å². The summed E-state index contributed by atoms with van der Waals surface area (Å²) in [5, 5.41) is 10.3. The van der Waals surface area contributed by atoms with Crippen molar-refractivity contribution in [3.05, 3.63) is 82.0 Å². The molecule has 0 radical (unpaired) electrons. The topological polar surface area (TPSA) is 36.9 Å². The van der Waals surface area contributed by atoms with E-state index in [1.54, 1.807) is 18.2 Å². The van der Waals surface area contributed by atoms with Gasteiger partial charge in [-0.25, -0.2) is 0 Å². The lowest BCUT2D eigenvalue weighted by Crippen LogP contribution is -1.79. The van der Waals surface area contributed by atoms with Gasteiger partial charge in [-0.15, -0.1) is 0 Å². The van der Waals surface area contributed by atoms with Crippen LogP contribution in [0.2, 0.25) is 10.0 Å². The third kappa shape index (κ3) is 3.48.